The molecule has 7 N–H and O–H groups in total. The Morgan fingerprint density at radius 3 is 2.85 bits per heavy atom. The summed E-state index contributed by atoms with van der Waals surface area (Å²) in [6, 6.07) is 0. The smallest absolute Gasteiger partial charge is 0.240 e. The lowest BCUT2D eigenvalue weighted by Crippen LogP contribution is -3.11. The molecule has 3 rings (SSSR count). The lowest BCUT2D eigenvalue weighted by molar-refractivity contribution is -0.915. The average molecular weight is 294 g/mol. The maximum Gasteiger partial charge on any atom is 0.240 e. The van der Waals surface area contributed by atoms with Gasteiger partial charge in [-0.05, 0) is 12.0 Å². The Morgan fingerprint density at radius 2 is 2.15 bits per heavy atom. The third kappa shape index (κ3) is 2.20. The summed E-state index contributed by atoms with van der Waals surface area (Å²) in [5, 5.41) is 1.06. The maximum atomic E-state index is 5.60. The van der Waals surface area contributed by atoms with Crippen LogP contribution in [0.1, 0.15) is 23.8 Å². The first-order valence-electron chi connectivity index (χ1n) is 6.85. The fraction of sp³-hybridized carbons (Fsp3) is 0.500. The van der Waals surface area contributed by atoms with Crippen LogP contribution in [0.4, 0.5) is 11.8 Å². The number of anilines is 2. The average Bonchev–Trinajstić information content (AvgIpc) is 2.83. The second-order valence-corrected chi connectivity index (χ2v) is 6.13. The molecule has 3 heterocycles. The Kier molecular flexibility index (Phi) is 3.70. The van der Waals surface area contributed by atoms with E-state index in [-0.39, 0.29) is 0 Å². The summed E-state index contributed by atoms with van der Waals surface area (Å²) in [5.74, 6) is 12.0. The third-order valence-electron chi connectivity index (χ3n) is 3.74. The van der Waals surface area contributed by atoms with Crippen LogP contribution < -0.4 is 27.4 Å². The van der Waals surface area contributed by atoms with Crippen molar-refractivity contribution in [1.82, 2.24) is 9.97 Å². The van der Waals surface area contributed by atoms with Gasteiger partial charge in [0.15, 0.2) is 5.82 Å². The highest BCUT2D eigenvalue weighted by Gasteiger charge is 2.26. The summed E-state index contributed by atoms with van der Waals surface area (Å²) >= 11 is 1.73. The minimum Gasteiger partial charge on any atom is -0.330 e. The van der Waals surface area contributed by atoms with Gasteiger partial charge in [-0.3, -0.25) is 5.43 Å². The topological polar surface area (TPSA) is 106 Å². The van der Waals surface area contributed by atoms with Crippen molar-refractivity contribution in [2.45, 2.75) is 26.3 Å². The van der Waals surface area contributed by atoms with Crippen molar-refractivity contribution in [3.05, 3.63) is 10.4 Å². The number of nitrogen functional groups attached to an aromatic ring is 2. The van der Waals surface area contributed by atoms with E-state index < -0.39 is 0 Å². The van der Waals surface area contributed by atoms with Crippen molar-refractivity contribution in [3.63, 3.8) is 0 Å². The van der Waals surface area contributed by atoms with Gasteiger partial charge in [0.2, 0.25) is 5.95 Å². The van der Waals surface area contributed by atoms with Crippen LogP contribution in [0.3, 0.4) is 0 Å². The molecule has 2 aromatic heterocycles. The first-order valence-corrected chi connectivity index (χ1v) is 7.67. The second kappa shape index (κ2) is 5.49. The lowest BCUT2D eigenvalue weighted by atomic mass is 10.0. The summed E-state index contributed by atoms with van der Waals surface area (Å²) in [7, 11) is 0. The van der Waals surface area contributed by atoms with E-state index in [0.717, 1.165) is 29.7 Å². The van der Waals surface area contributed by atoms with Gasteiger partial charge in [0.25, 0.3) is 0 Å². The number of fused-ring (bicyclic) bond motifs is 3. The predicted octanol–water partition coefficient (Wildman–Crippen LogP) is -0.386. The van der Waals surface area contributed by atoms with Gasteiger partial charge in [0, 0.05) is 6.42 Å². The Balaban J connectivity index is 2.08. The number of hydrazine groups is 2. The Bertz CT molecular complexity index is 624. The molecule has 7 nitrogen and oxygen atoms in total. The molecule has 1 unspecified atom stereocenters. The molecule has 0 aromatic carbocycles. The summed E-state index contributed by atoms with van der Waals surface area (Å²) in [4.78, 5) is 12.7. The molecular weight excluding hydrogens is 274 g/mol. The number of nitrogens with two attached hydrogens (primary N) is 2. The largest absolute Gasteiger partial charge is 0.330 e. The molecule has 0 spiro atoms. The number of hydrogen-bond donors (Lipinski definition) is 5. The quantitative estimate of drug-likeness (QED) is 0.388. The number of aromatic nitrogens is 2. The zero-order valence-electron chi connectivity index (χ0n) is 11.5. The van der Waals surface area contributed by atoms with Crippen LogP contribution in [0, 0.1) is 0 Å². The van der Waals surface area contributed by atoms with Crippen LogP contribution in [-0.2, 0) is 13.0 Å². The van der Waals surface area contributed by atoms with Crippen LogP contribution >= 0.6 is 11.3 Å². The van der Waals surface area contributed by atoms with Crippen molar-refractivity contribution in [2.75, 3.05) is 23.9 Å². The highest BCUT2D eigenvalue weighted by molar-refractivity contribution is 7.19. The van der Waals surface area contributed by atoms with E-state index in [4.69, 9.17) is 11.7 Å². The molecule has 0 aliphatic carbocycles. The molecule has 1 aliphatic rings. The molecule has 8 heteroatoms. The number of nitrogens with one attached hydrogen (secondary N) is 3. The highest BCUT2D eigenvalue weighted by atomic mass is 32.1. The van der Waals surface area contributed by atoms with Crippen molar-refractivity contribution < 1.29 is 4.90 Å². The Labute approximate surface area is 121 Å². The van der Waals surface area contributed by atoms with Gasteiger partial charge < -0.3 is 10.3 Å². The molecule has 0 saturated heterocycles. The molecule has 0 amide bonds. The SMILES string of the molecule is CCC[NH+]1CCc2c(sc3nc(NN)nc(NN)c23)C1. The summed E-state index contributed by atoms with van der Waals surface area (Å²) < 4.78 is 0. The summed E-state index contributed by atoms with van der Waals surface area (Å²) in [6.45, 7) is 5.68. The van der Waals surface area contributed by atoms with Crippen LogP contribution in [0.25, 0.3) is 10.2 Å². The van der Waals surface area contributed by atoms with Gasteiger partial charge in [-0.2, -0.15) is 4.98 Å². The molecule has 1 aliphatic heterocycles. The first kappa shape index (κ1) is 13.5. The monoisotopic (exact) mass is 294 g/mol. The maximum absolute atomic E-state index is 5.60. The molecular formula is C12H20N7S+. The van der Waals surface area contributed by atoms with Gasteiger partial charge in [-0.25, -0.2) is 16.7 Å². The molecule has 108 valence electrons. The molecule has 20 heavy (non-hydrogen) atoms. The van der Waals surface area contributed by atoms with E-state index >= 15 is 0 Å². The summed E-state index contributed by atoms with van der Waals surface area (Å²) in [6.07, 6.45) is 2.27. The number of quaternary nitrogens is 1. The lowest BCUT2D eigenvalue weighted by Gasteiger charge is -2.23. The van der Waals surface area contributed by atoms with Crippen molar-refractivity contribution in [1.29, 1.82) is 0 Å². The van der Waals surface area contributed by atoms with Gasteiger partial charge in [-0.15, -0.1) is 11.3 Å². The van der Waals surface area contributed by atoms with Gasteiger partial charge >= 0.3 is 0 Å². The van der Waals surface area contributed by atoms with E-state index in [1.807, 2.05) is 0 Å². The van der Waals surface area contributed by atoms with E-state index in [1.165, 1.54) is 23.4 Å². The van der Waals surface area contributed by atoms with E-state index in [9.17, 15) is 0 Å². The minimum atomic E-state index is 0.391. The van der Waals surface area contributed by atoms with Gasteiger partial charge in [0.1, 0.15) is 11.4 Å². The van der Waals surface area contributed by atoms with E-state index in [0.29, 0.717) is 11.8 Å². The molecule has 0 bridgehead atoms. The fourth-order valence-corrected chi connectivity index (χ4v) is 4.16. The van der Waals surface area contributed by atoms with E-state index in [1.54, 1.807) is 16.2 Å². The molecule has 1 atom stereocenters. The van der Waals surface area contributed by atoms with Crippen LogP contribution in [-0.4, -0.2) is 23.1 Å². The predicted molar refractivity (Wildman–Crippen MR) is 81.4 cm³/mol. The molecule has 0 saturated carbocycles. The standard InChI is InChI=1S/C12H19N7S/c1-2-4-19-5-3-7-8(6-19)20-11-9(7)10(17-13)15-12(16-11)18-14/h2-6,13-14H2,1H3,(H2,15,16,17,18)/p+1. The van der Waals surface area contributed by atoms with Gasteiger partial charge in [-0.1, -0.05) is 6.92 Å². The van der Waals surface area contributed by atoms with E-state index in [2.05, 4.69) is 27.7 Å². The Hall–Kier alpha value is -1.48. The number of nitrogens with zero attached hydrogens (tertiary/aromatic N) is 2. The van der Waals surface area contributed by atoms with Crippen molar-refractivity contribution in [3.8, 4) is 0 Å². The number of thiophene rings is 1. The van der Waals surface area contributed by atoms with Gasteiger partial charge in [0.05, 0.1) is 23.4 Å². The summed E-state index contributed by atoms with van der Waals surface area (Å²) in [5.41, 5.74) is 6.51. The number of hydrogen-bond acceptors (Lipinski definition) is 7. The fourth-order valence-electron chi connectivity index (χ4n) is 2.86. The minimum absolute atomic E-state index is 0.391. The zero-order valence-corrected chi connectivity index (χ0v) is 12.3. The molecule has 0 radical (unpaired) electrons. The first-order chi connectivity index (χ1) is 9.76. The van der Waals surface area contributed by atoms with Crippen molar-refractivity contribution >= 4 is 33.3 Å². The zero-order chi connectivity index (χ0) is 14.1. The number of rotatable bonds is 4. The van der Waals surface area contributed by atoms with Crippen LogP contribution in [0.2, 0.25) is 0 Å². The molecule has 0 fully saturated rings. The molecule has 2 aromatic rings. The highest BCUT2D eigenvalue weighted by Crippen LogP contribution is 2.35. The third-order valence-corrected chi connectivity index (χ3v) is 4.87. The van der Waals surface area contributed by atoms with Crippen LogP contribution in [0.15, 0.2) is 0 Å². The van der Waals surface area contributed by atoms with Crippen LogP contribution in [0.5, 0.6) is 0 Å². The second-order valence-electron chi connectivity index (χ2n) is 5.05. The Morgan fingerprint density at radius 1 is 1.30 bits per heavy atom. The normalized spacial score (nSPS) is 18.1. The van der Waals surface area contributed by atoms with Crippen molar-refractivity contribution in [2.24, 2.45) is 11.7 Å².